The number of nitrogens with one attached hydrogen (secondary N) is 5. The predicted octanol–water partition coefficient (Wildman–Crippen LogP) is -2.01. The van der Waals surface area contributed by atoms with Gasteiger partial charge in [0.05, 0.1) is 27.4 Å². The maximum absolute atomic E-state index is 13.5. The molecule has 2 aliphatic heterocycles. The molecule has 2 aliphatic rings. The number of aromatic amines is 1. The first-order chi connectivity index (χ1) is 16.8. The Morgan fingerprint density at radius 2 is 1.64 bits per heavy atom. The van der Waals surface area contributed by atoms with Crippen molar-refractivity contribution in [1.29, 1.82) is 0 Å². The number of nitrogens with two attached hydrogens (primary N) is 2. The first-order valence-corrected chi connectivity index (χ1v) is 15.4. The van der Waals surface area contributed by atoms with Crippen LogP contribution in [0.1, 0.15) is 11.7 Å². The molecule has 194 valence electrons. The Labute approximate surface area is 206 Å². The number of hydrogen-bond donors (Lipinski definition) is 7. The molecule has 36 heavy (non-hydrogen) atoms. The van der Waals surface area contributed by atoms with Gasteiger partial charge in [0.25, 0.3) is 0 Å². The Balaban J connectivity index is 1.76. The molecule has 0 unspecified atom stereocenters. The number of hydrazine groups is 3. The first-order valence-electron chi connectivity index (χ1n) is 10.4. The lowest BCUT2D eigenvalue weighted by Gasteiger charge is -2.37. The summed E-state index contributed by atoms with van der Waals surface area (Å²) in [4.78, 5) is 6.05. The fourth-order valence-corrected chi connectivity index (χ4v) is 8.74. The topological polar surface area (TPSA) is 234 Å². The van der Waals surface area contributed by atoms with E-state index in [0.717, 1.165) is 10.6 Å². The molecule has 0 spiro atoms. The molecular formula is C18H23N9O6S3. The molecule has 0 saturated carbocycles. The molecule has 3 aromatic rings. The number of nitrogens with zero attached hydrogens (tertiary/aromatic N) is 2. The molecule has 0 atom stereocenters. The molecule has 0 amide bonds. The van der Waals surface area contributed by atoms with E-state index in [2.05, 4.69) is 31.9 Å². The summed E-state index contributed by atoms with van der Waals surface area (Å²) < 4.78 is 77.5. The minimum atomic E-state index is -4.62. The van der Waals surface area contributed by atoms with Crippen LogP contribution in [-0.4, -0.2) is 64.1 Å². The highest BCUT2D eigenvalue weighted by molar-refractivity contribution is 7.94. The quantitative estimate of drug-likeness (QED) is 0.174. The predicted molar refractivity (Wildman–Crippen MR) is 130 cm³/mol. The van der Waals surface area contributed by atoms with Crippen molar-refractivity contribution in [3.63, 3.8) is 0 Å². The van der Waals surface area contributed by atoms with Gasteiger partial charge in [-0.2, -0.15) is 15.4 Å². The zero-order chi connectivity index (χ0) is 26.0. The fourth-order valence-electron chi connectivity index (χ4n) is 4.33. The Morgan fingerprint density at radius 3 is 2.25 bits per heavy atom. The summed E-state index contributed by atoms with van der Waals surface area (Å²) in [5.74, 6) is 0.144. The number of nitrogen functional groups attached to an aromatic ring is 1. The van der Waals surface area contributed by atoms with Crippen LogP contribution in [-0.2, 0) is 29.9 Å². The Kier molecular flexibility index (Phi) is 5.85. The second-order valence-corrected chi connectivity index (χ2v) is 14.1. The van der Waals surface area contributed by atoms with Gasteiger partial charge >= 0.3 is 0 Å². The number of hydrogen-bond acceptors (Lipinski definition) is 12. The van der Waals surface area contributed by atoms with E-state index in [1.54, 1.807) is 18.2 Å². The number of sulfonamides is 2. The Bertz CT molecular complexity index is 1690. The third-order valence-corrected chi connectivity index (χ3v) is 10.6. The largest absolute Gasteiger partial charge is 0.369 e. The van der Waals surface area contributed by atoms with Crippen molar-refractivity contribution in [2.45, 2.75) is 21.2 Å². The van der Waals surface area contributed by atoms with Crippen LogP contribution in [0.15, 0.2) is 40.1 Å². The monoisotopic (exact) mass is 557 g/mol. The molecule has 2 aromatic carbocycles. The van der Waals surface area contributed by atoms with Crippen molar-refractivity contribution in [3.05, 3.63) is 35.9 Å². The molecule has 9 N–H and O–H groups in total. The number of sulfone groups is 1. The van der Waals surface area contributed by atoms with Crippen molar-refractivity contribution in [2.75, 3.05) is 25.1 Å². The first kappa shape index (κ1) is 25.0. The molecule has 0 aliphatic carbocycles. The summed E-state index contributed by atoms with van der Waals surface area (Å²) in [5, 5.41) is 4.47. The van der Waals surface area contributed by atoms with Gasteiger partial charge in [0.2, 0.25) is 20.0 Å². The third kappa shape index (κ3) is 4.15. The smallest absolute Gasteiger partial charge is 0.239 e. The average Bonchev–Trinajstić information content (AvgIpc) is 3.38. The van der Waals surface area contributed by atoms with Crippen molar-refractivity contribution in [1.82, 2.24) is 36.2 Å². The normalized spacial score (nSPS) is 18.6. The van der Waals surface area contributed by atoms with E-state index in [0.29, 0.717) is 22.2 Å². The van der Waals surface area contributed by atoms with Crippen molar-refractivity contribution >= 4 is 46.9 Å². The molecule has 1 aromatic heterocycles. The van der Waals surface area contributed by atoms with Gasteiger partial charge in [-0.1, -0.05) is 18.2 Å². The highest BCUT2D eigenvalue weighted by atomic mass is 32.2. The number of aromatic nitrogens is 2. The molecule has 2 fully saturated rings. The second kappa shape index (κ2) is 8.43. The fraction of sp³-hybridized carbons (Fsp3) is 0.278. The molecule has 0 radical (unpaired) electrons. The summed E-state index contributed by atoms with van der Waals surface area (Å²) >= 11 is 0. The van der Waals surface area contributed by atoms with Crippen molar-refractivity contribution in [2.24, 2.45) is 5.14 Å². The van der Waals surface area contributed by atoms with E-state index in [1.165, 1.54) is 12.1 Å². The SMILES string of the molecule is CS(=O)(=O)N1CC(S(=O)(=O)c2ccc(-c3cccc4[nH]c(N)nc34)c(C3NNNN3)c2S(N)(=O)=O)C1. The minimum Gasteiger partial charge on any atom is -0.369 e. The van der Waals surface area contributed by atoms with Gasteiger partial charge in [0.15, 0.2) is 15.8 Å². The molecule has 2 saturated heterocycles. The van der Waals surface area contributed by atoms with E-state index < -0.39 is 51.1 Å². The summed E-state index contributed by atoms with van der Waals surface area (Å²) in [6.45, 7) is -0.589. The maximum Gasteiger partial charge on any atom is 0.239 e. The van der Waals surface area contributed by atoms with E-state index in [4.69, 9.17) is 10.9 Å². The lowest BCUT2D eigenvalue weighted by atomic mass is 9.96. The summed E-state index contributed by atoms with van der Waals surface area (Å²) in [6.07, 6.45) is 0.0298. The molecule has 15 nitrogen and oxygen atoms in total. The number of anilines is 1. The summed E-state index contributed by atoms with van der Waals surface area (Å²) in [5.41, 5.74) is 18.4. The van der Waals surface area contributed by atoms with Crippen LogP contribution in [0.2, 0.25) is 0 Å². The van der Waals surface area contributed by atoms with Gasteiger partial charge in [-0.3, -0.25) is 0 Å². The second-order valence-electron chi connectivity index (χ2n) is 8.44. The molecule has 18 heteroatoms. The van der Waals surface area contributed by atoms with E-state index in [9.17, 15) is 25.3 Å². The van der Waals surface area contributed by atoms with Gasteiger partial charge in [0, 0.05) is 24.2 Å². The van der Waals surface area contributed by atoms with Crippen LogP contribution in [0.5, 0.6) is 0 Å². The minimum absolute atomic E-state index is 0.0180. The lowest BCUT2D eigenvalue weighted by Crippen LogP contribution is -2.56. The molecular weight excluding hydrogens is 534 g/mol. The summed E-state index contributed by atoms with van der Waals surface area (Å²) in [7, 11) is -12.5. The number of H-pyrrole nitrogens is 1. The highest BCUT2D eigenvalue weighted by Gasteiger charge is 2.45. The van der Waals surface area contributed by atoms with Gasteiger partial charge in [-0.05, 0) is 17.7 Å². The number of para-hydroxylation sites is 1. The molecule has 3 heterocycles. The maximum atomic E-state index is 13.5. The number of fused-ring (bicyclic) bond motifs is 1. The van der Waals surface area contributed by atoms with Crippen LogP contribution in [0.4, 0.5) is 5.95 Å². The summed E-state index contributed by atoms with van der Waals surface area (Å²) in [6, 6.07) is 7.77. The van der Waals surface area contributed by atoms with Gasteiger partial charge in [0.1, 0.15) is 11.1 Å². The molecule has 0 bridgehead atoms. The van der Waals surface area contributed by atoms with Gasteiger partial charge in [-0.15, -0.1) is 0 Å². The van der Waals surface area contributed by atoms with E-state index in [-0.39, 0.29) is 24.6 Å². The number of primary sulfonamides is 1. The van der Waals surface area contributed by atoms with Crippen LogP contribution < -0.4 is 32.8 Å². The zero-order valence-electron chi connectivity index (χ0n) is 18.7. The molecule has 5 rings (SSSR count). The van der Waals surface area contributed by atoms with Crippen LogP contribution in [0, 0.1) is 0 Å². The highest BCUT2D eigenvalue weighted by Crippen LogP contribution is 2.40. The lowest BCUT2D eigenvalue weighted by molar-refractivity contribution is 0.311. The van der Waals surface area contributed by atoms with Crippen molar-refractivity contribution < 1.29 is 25.3 Å². The van der Waals surface area contributed by atoms with Crippen LogP contribution in [0.3, 0.4) is 0 Å². The third-order valence-electron chi connectivity index (χ3n) is 6.08. The van der Waals surface area contributed by atoms with Gasteiger partial charge in [-0.25, -0.2) is 46.2 Å². The Morgan fingerprint density at radius 1 is 0.972 bits per heavy atom. The zero-order valence-corrected chi connectivity index (χ0v) is 21.1. The van der Waals surface area contributed by atoms with Crippen LogP contribution in [0.25, 0.3) is 22.2 Å². The number of imidazole rings is 1. The average molecular weight is 558 g/mol. The standard InChI is InChI=1S/C18H23N9O6S3/c1-34(28,29)27-7-9(8-27)35(30,31)13-6-5-10(11-3-2-4-12-15(11)22-18(19)21-12)14(16(13)36(20,32)33)17-23-25-26-24-17/h2-6,9,17,23-26H,7-8H2,1H3,(H3,19,21,22)(H2,20,32,33). The Hall–Kier alpha value is -2.68. The van der Waals surface area contributed by atoms with E-state index in [1.807, 2.05) is 0 Å². The van der Waals surface area contributed by atoms with Gasteiger partial charge < -0.3 is 10.7 Å². The number of rotatable bonds is 6. The van der Waals surface area contributed by atoms with Crippen molar-refractivity contribution in [3.8, 4) is 11.1 Å². The van der Waals surface area contributed by atoms with E-state index >= 15 is 0 Å². The van der Waals surface area contributed by atoms with Crippen LogP contribution >= 0.6 is 0 Å². The number of benzene rings is 2.